The van der Waals surface area contributed by atoms with Gasteiger partial charge in [-0.1, -0.05) is 68.9 Å². The van der Waals surface area contributed by atoms with E-state index >= 15 is 0 Å². The summed E-state index contributed by atoms with van der Waals surface area (Å²) in [6.07, 6.45) is 12.2. The van der Waals surface area contributed by atoms with Crippen molar-refractivity contribution in [2.24, 2.45) is 11.8 Å². The first-order valence-corrected chi connectivity index (χ1v) is 9.42. The molecule has 0 aromatic heterocycles. The number of aliphatic carboxylic acids is 2. The van der Waals surface area contributed by atoms with Crippen LogP contribution < -0.4 is 0 Å². The van der Waals surface area contributed by atoms with Gasteiger partial charge in [0, 0.05) is 13.3 Å². The van der Waals surface area contributed by atoms with E-state index in [4.69, 9.17) is 15.0 Å². The molecule has 0 atom stereocenters. The Morgan fingerprint density at radius 1 is 0.880 bits per heavy atom. The molecule has 0 aliphatic heterocycles. The molecule has 0 heterocycles. The molecule has 2 aliphatic rings. The molecule has 4 nitrogen and oxygen atoms in total. The Kier molecular flexibility index (Phi) is 10.6. The van der Waals surface area contributed by atoms with Crippen LogP contribution in [0.4, 0.5) is 0 Å². The van der Waals surface area contributed by atoms with Crippen molar-refractivity contribution in [3.05, 3.63) is 35.9 Å². The third-order valence-corrected chi connectivity index (χ3v) is 4.78. The number of hydrogen-bond acceptors (Lipinski definition) is 2. The van der Waals surface area contributed by atoms with Crippen molar-refractivity contribution in [2.45, 2.75) is 71.1 Å². The van der Waals surface area contributed by atoms with Gasteiger partial charge in [0.05, 0.1) is 0 Å². The number of carboxylic acids is 2. The van der Waals surface area contributed by atoms with Crippen LogP contribution in [0.2, 0.25) is 0 Å². The second-order valence-electron chi connectivity index (χ2n) is 7.11. The lowest BCUT2D eigenvalue weighted by Gasteiger charge is -2.07. The SMILES string of the molecule is CC(=O)O.O=C(O)CC1CCCC1.c1ccc(CC2CCCC2)cc1. The summed E-state index contributed by atoms with van der Waals surface area (Å²) in [4.78, 5) is 19.2. The maximum atomic E-state index is 10.2. The lowest BCUT2D eigenvalue weighted by Crippen LogP contribution is -2.02. The monoisotopic (exact) mass is 348 g/mol. The molecule has 0 saturated heterocycles. The second-order valence-corrected chi connectivity index (χ2v) is 7.11. The third-order valence-electron chi connectivity index (χ3n) is 4.78. The number of carboxylic acid groups (broad SMARTS) is 2. The molecule has 1 aromatic carbocycles. The number of carbonyl (C=O) groups is 2. The fourth-order valence-corrected chi connectivity index (χ4v) is 3.62. The van der Waals surface area contributed by atoms with Gasteiger partial charge in [0.25, 0.3) is 5.97 Å². The number of benzene rings is 1. The molecule has 4 heteroatoms. The zero-order valence-electron chi connectivity index (χ0n) is 15.3. The summed E-state index contributed by atoms with van der Waals surface area (Å²) in [5.74, 6) is -0.00296. The Labute approximate surface area is 151 Å². The summed E-state index contributed by atoms with van der Waals surface area (Å²) < 4.78 is 0. The maximum absolute atomic E-state index is 10.2. The van der Waals surface area contributed by atoms with Gasteiger partial charge in [-0.3, -0.25) is 9.59 Å². The summed E-state index contributed by atoms with van der Waals surface area (Å²) in [6, 6.07) is 10.9. The van der Waals surface area contributed by atoms with Gasteiger partial charge in [-0.05, 0) is 36.7 Å². The summed E-state index contributed by atoms with van der Waals surface area (Å²) >= 11 is 0. The maximum Gasteiger partial charge on any atom is 0.303 e. The molecule has 0 bridgehead atoms. The molecule has 2 saturated carbocycles. The summed E-state index contributed by atoms with van der Waals surface area (Å²) in [6.45, 7) is 1.08. The fourth-order valence-electron chi connectivity index (χ4n) is 3.62. The summed E-state index contributed by atoms with van der Waals surface area (Å²) in [5, 5.41) is 15.8. The standard InChI is InChI=1S/C12H16.C7H12O2.C2H4O2/c1-2-6-11(7-3-1)10-12-8-4-5-9-12;8-7(9)5-6-3-1-2-4-6;1-2(3)4/h1-3,6-7,12H,4-5,8-10H2;6H,1-5H2,(H,8,9);1H3,(H,3,4). The first-order chi connectivity index (χ1) is 12.0. The predicted molar refractivity (Wildman–Crippen MR) is 99.6 cm³/mol. The summed E-state index contributed by atoms with van der Waals surface area (Å²) in [7, 11) is 0. The smallest absolute Gasteiger partial charge is 0.303 e. The van der Waals surface area contributed by atoms with E-state index in [1.807, 2.05) is 0 Å². The van der Waals surface area contributed by atoms with E-state index in [1.165, 1.54) is 50.5 Å². The second kappa shape index (κ2) is 12.5. The molecule has 2 aliphatic carbocycles. The average molecular weight is 348 g/mol. The highest BCUT2D eigenvalue weighted by atomic mass is 16.4. The number of hydrogen-bond donors (Lipinski definition) is 2. The minimum atomic E-state index is -0.833. The van der Waals surface area contributed by atoms with E-state index in [0.29, 0.717) is 12.3 Å². The van der Waals surface area contributed by atoms with E-state index in [1.54, 1.807) is 0 Å². The van der Waals surface area contributed by atoms with Crippen molar-refractivity contribution < 1.29 is 19.8 Å². The van der Waals surface area contributed by atoms with Crippen LogP contribution in [0, 0.1) is 11.8 Å². The van der Waals surface area contributed by atoms with Gasteiger partial charge in [-0.25, -0.2) is 0 Å². The van der Waals surface area contributed by atoms with Gasteiger partial charge in [0.2, 0.25) is 0 Å². The van der Waals surface area contributed by atoms with Crippen LogP contribution in [0.5, 0.6) is 0 Å². The van der Waals surface area contributed by atoms with Crippen LogP contribution in [0.3, 0.4) is 0 Å². The van der Waals surface area contributed by atoms with Crippen LogP contribution in [-0.4, -0.2) is 22.2 Å². The first kappa shape index (κ1) is 21.2. The zero-order valence-corrected chi connectivity index (χ0v) is 15.3. The Morgan fingerprint density at radius 2 is 1.32 bits per heavy atom. The molecule has 0 spiro atoms. The predicted octanol–water partition coefficient (Wildman–Crippen LogP) is 5.16. The Balaban J connectivity index is 0.000000213. The molecule has 0 unspecified atom stereocenters. The Bertz CT molecular complexity index is 482. The Morgan fingerprint density at radius 3 is 1.76 bits per heavy atom. The quantitative estimate of drug-likeness (QED) is 0.788. The molecule has 3 rings (SSSR count). The third kappa shape index (κ3) is 11.4. The minimum absolute atomic E-state index is 0.389. The van der Waals surface area contributed by atoms with Gasteiger partial charge < -0.3 is 10.2 Å². The van der Waals surface area contributed by atoms with Gasteiger partial charge >= 0.3 is 5.97 Å². The topological polar surface area (TPSA) is 74.6 Å². The first-order valence-electron chi connectivity index (χ1n) is 9.42. The van der Waals surface area contributed by atoms with E-state index in [0.717, 1.165) is 25.7 Å². The molecule has 140 valence electrons. The zero-order chi connectivity index (χ0) is 18.5. The van der Waals surface area contributed by atoms with E-state index in [2.05, 4.69) is 30.3 Å². The van der Waals surface area contributed by atoms with E-state index in [-0.39, 0.29) is 0 Å². The largest absolute Gasteiger partial charge is 0.481 e. The van der Waals surface area contributed by atoms with Gasteiger partial charge in [-0.15, -0.1) is 0 Å². The molecular weight excluding hydrogens is 316 g/mol. The van der Waals surface area contributed by atoms with E-state index < -0.39 is 11.9 Å². The van der Waals surface area contributed by atoms with Crippen LogP contribution in [0.1, 0.15) is 70.3 Å². The van der Waals surface area contributed by atoms with Crippen LogP contribution in [0.15, 0.2) is 30.3 Å². The van der Waals surface area contributed by atoms with Gasteiger partial charge in [0.15, 0.2) is 0 Å². The highest BCUT2D eigenvalue weighted by molar-refractivity contribution is 5.67. The Hall–Kier alpha value is -1.84. The van der Waals surface area contributed by atoms with Crippen molar-refractivity contribution in [3.63, 3.8) is 0 Å². The summed E-state index contributed by atoms with van der Waals surface area (Å²) in [5.41, 5.74) is 1.52. The normalized spacial score (nSPS) is 17.2. The molecule has 0 radical (unpaired) electrons. The van der Waals surface area contributed by atoms with Crippen molar-refractivity contribution in [1.82, 2.24) is 0 Å². The van der Waals surface area contributed by atoms with E-state index in [9.17, 15) is 4.79 Å². The molecule has 0 amide bonds. The molecular formula is C21H32O4. The van der Waals surface area contributed by atoms with Crippen molar-refractivity contribution in [1.29, 1.82) is 0 Å². The molecule has 25 heavy (non-hydrogen) atoms. The molecule has 2 N–H and O–H groups in total. The van der Waals surface area contributed by atoms with Crippen LogP contribution in [-0.2, 0) is 16.0 Å². The van der Waals surface area contributed by atoms with Gasteiger partial charge in [-0.2, -0.15) is 0 Å². The minimum Gasteiger partial charge on any atom is -0.481 e. The lowest BCUT2D eigenvalue weighted by atomic mass is 9.98. The van der Waals surface area contributed by atoms with Crippen molar-refractivity contribution in [2.75, 3.05) is 0 Å². The average Bonchev–Trinajstić information content (AvgIpc) is 3.22. The molecule has 1 aromatic rings. The highest BCUT2D eigenvalue weighted by Gasteiger charge is 2.17. The van der Waals surface area contributed by atoms with Crippen LogP contribution in [0.25, 0.3) is 0 Å². The highest BCUT2D eigenvalue weighted by Crippen LogP contribution is 2.28. The lowest BCUT2D eigenvalue weighted by molar-refractivity contribution is -0.138. The van der Waals surface area contributed by atoms with Crippen LogP contribution >= 0.6 is 0 Å². The van der Waals surface area contributed by atoms with Crippen molar-refractivity contribution >= 4 is 11.9 Å². The van der Waals surface area contributed by atoms with Crippen molar-refractivity contribution in [3.8, 4) is 0 Å². The fraction of sp³-hybridized carbons (Fsp3) is 0.619. The van der Waals surface area contributed by atoms with Gasteiger partial charge in [0.1, 0.15) is 0 Å². The number of rotatable bonds is 4. The molecule has 2 fully saturated rings.